The third kappa shape index (κ3) is 3.88. The van der Waals surface area contributed by atoms with E-state index in [0.29, 0.717) is 42.5 Å². The van der Waals surface area contributed by atoms with Crippen molar-refractivity contribution in [3.8, 4) is 29.0 Å². The molecule has 1 aliphatic rings. The van der Waals surface area contributed by atoms with Gasteiger partial charge in [0, 0.05) is 37.8 Å². The van der Waals surface area contributed by atoms with Crippen molar-refractivity contribution in [2.45, 2.75) is 19.3 Å². The number of carbonyl (C=O) groups is 1. The first kappa shape index (κ1) is 19.6. The Morgan fingerprint density at radius 2 is 2.13 bits per heavy atom. The topological polar surface area (TPSA) is 110 Å². The lowest BCUT2D eigenvalue weighted by molar-refractivity contribution is -0.117. The maximum atomic E-state index is 12.0. The number of nitriles is 1. The highest BCUT2D eigenvalue weighted by atomic mass is 16.5. The highest BCUT2D eigenvalue weighted by Crippen LogP contribution is 2.35. The normalized spacial score (nSPS) is 13.5. The molecule has 0 aliphatic carbocycles. The van der Waals surface area contributed by atoms with E-state index in [1.54, 1.807) is 41.0 Å². The van der Waals surface area contributed by atoms with Crippen LogP contribution in [0, 0.1) is 11.3 Å². The molecule has 3 heterocycles. The zero-order valence-electron chi connectivity index (χ0n) is 16.7. The van der Waals surface area contributed by atoms with Crippen LogP contribution in [0.25, 0.3) is 11.3 Å². The monoisotopic (exact) mass is 402 g/mol. The van der Waals surface area contributed by atoms with Crippen molar-refractivity contribution < 1.29 is 9.53 Å². The quantitative estimate of drug-likeness (QED) is 0.679. The minimum absolute atomic E-state index is 0.0635. The van der Waals surface area contributed by atoms with E-state index in [4.69, 9.17) is 10.5 Å². The summed E-state index contributed by atoms with van der Waals surface area (Å²) in [7, 11) is 1.76. The fourth-order valence-electron chi connectivity index (χ4n) is 3.45. The molecule has 0 unspecified atom stereocenters. The summed E-state index contributed by atoms with van der Waals surface area (Å²) < 4.78 is 7.73. The molecule has 1 aliphatic heterocycles. The average Bonchev–Trinajstić information content (AvgIpc) is 3.34. The summed E-state index contributed by atoms with van der Waals surface area (Å²) in [4.78, 5) is 18.2. The second kappa shape index (κ2) is 8.35. The van der Waals surface area contributed by atoms with Crippen LogP contribution in [0.1, 0.15) is 24.0 Å². The molecule has 152 valence electrons. The van der Waals surface area contributed by atoms with Crippen molar-refractivity contribution in [3.63, 3.8) is 0 Å². The number of amides is 1. The van der Waals surface area contributed by atoms with Crippen LogP contribution >= 0.6 is 0 Å². The molecule has 0 radical (unpaired) electrons. The Bertz CT molecular complexity index is 1110. The first-order chi connectivity index (χ1) is 14.6. The van der Waals surface area contributed by atoms with Crippen LogP contribution in [0.15, 0.2) is 42.6 Å². The van der Waals surface area contributed by atoms with Crippen LogP contribution in [0.5, 0.6) is 11.6 Å². The van der Waals surface area contributed by atoms with Crippen molar-refractivity contribution in [1.82, 2.24) is 14.8 Å². The molecule has 30 heavy (non-hydrogen) atoms. The number of pyridine rings is 1. The third-order valence-electron chi connectivity index (χ3n) is 5.03. The summed E-state index contributed by atoms with van der Waals surface area (Å²) in [5, 5.41) is 13.7. The van der Waals surface area contributed by atoms with Gasteiger partial charge in [-0.3, -0.25) is 14.7 Å². The van der Waals surface area contributed by atoms with Crippen LogP contribution < -0.4 is 15.4 Å². The molecule has 0 bridgehead atoms. The number of nitrogens with zero attached hydrogens (tertiary/aromatic N) is 5. The number of carbonyl (C=O) groups excluding carboxylic acids is 1. The Morgan fingerprint density at radius 3 is 2.80 bits per heavy atom. The highest BCUT2D eigenvalue weighted by molar-refractivity contribution is 5.94. The molecule has 0 atom stereocenters. The van der Waals surface area contributed by atoms with Crippen LogP contribution in [0.2, 0.25) is 0 Å². The second-order valence-electron chi connectivity index (χ2n) is 7.13. The molecule has 0 spiro atoms. The Hall–Kier alpha value is -3.70. The van der Waals surface area contributed by atoms with E-state index in [-0.39, 0.29) is 5.91 Å². The lowest BCUT2D eigenvalue weighted by Gasteiger charge is -2.12. The molecular formula is C22H22N6O2. The number of aromatic nitrogens is 3. The van der Waals surface area contributed by atoms with E-state index in [0.717, 1.165) is 29.7 Å². The fraction of sp³-hybridized carbons (Fsp3) is 0.273. The molecule has 2 N–H and O–H groups in total. The summed E-state index contributed by atoms with van der Waals surface area (Å²) >= 11 is 0. The predicted octanol–water partition coefficient (Wildman–Crippen LogP) is 2.77. The Kier molecular flexibility index (Phi) is 5.46. The first-order valence-corrected chi connectivity index (χ1v) is 9.81. The molecule has 0 saturated carbocycles. The van der Waals surface area contributed by atoms with Gasteiger partial charge in [-0.1, -0.05) is 6.07 Å². The molecule has 3 aromatic rings. The largest absolute Gasteiger partial charge is 0.438 e. The van der Waals surface area contributed by atoms with E-state index >= 15 is 0 Å². The van der Waals surface area contributed by atoms with Gasteiger partial charge in [-0.05, 0) is 49.2 Å². The number of nitrogens with two attached hydrogens (primary N) is 1. The van der Waals surface area contributed by atoms with E-state index in [1.807, 2.05) is 18.2 Å². The summed E-state index contributed by atoms with van der Waals surface area (Å²) in [5.41, 5.74) is 8.63. The lowest BCUT2D eigenvalue weighted by Crippen LogP contribution is -2.24. The van der Waals surface area contributed by atoms with Crippen molar-refractivity contribution in [2.75, 3.05) is 18.0 Å². The molecular weight excluding hydrogens is 380 g/mol. The SMILES string of the molecule is Cn1nc(N2CCCC2=O)cc1Oc1cc(C#N)ccc1-c1ccc(CCN)cn1. The van der Waals surface area contributed by atoms with Gasteiger partial charge in [0.1, 0.15) is 5.75 Å². The standard InChI is InChI=1S/C22H22N6O2/c1-27-22(12-20(26-27)28-10-2-3-21(28)29)30-19-11-16(13-24)4-6-17(19)18-7-5-15(8-9-23)14-25-18/h4-7,11-12,14H,2-3,8-10,23H2,1H3. The minimum atomic E-state index is 0.0635. The van der Waals surface area contributed by atoms with Gasteiger partial charge < -0.3 is 10.5 Å². The molecule has 8 nitrogen and oxygen atoms in total. The molecule has 4 rings (SSSR count). The Balaban J connectivity index is 1.68. The van der Waals surface area contributed by atoms with Crippen LogP contribution in [-0.2, 0) is 18.3 Å². The zero-order chi connectivity index (χ0) is 21.1. The van der Waals surface area contributed by atoms with Gasteiger partial charge in [0.15, 0.2) is 5.82 Å². The smallest absolute Gasteiger partial charge is 0.228 e. The van der Waals surface area contributed by atoms with Crippen LogP contribution in [-0.4, -0.2) is 33.8 Å². The lowest BCUT2D eigenvalue weighted by atomic mass is 10.1. The van der Waals surface area contributed by atoms with Crippen molar-refractivity contribution in [3.05, 3.63) is 53.7 Å². The first-order valence-electron chi connectivity index (χ1n) is 9.81. The number of rotatable bonds is 6. The minimum Gasteiger partial charge on any atom is -0.438 e. The predicted molar refractivity (Wildman–Crippen MR) is 112 cm³/mol. The number of aryl methyl sites for hydroxylation is 1. The van der Waals surface area contributed by atoms with Crippen LogP contribution in [0.3, 0.4) is 0 Å². The molecule has 1 amide bonds. The summed E-state index contributed by atoms with van der Waals surface area (Å²) in [6.07, 6.45) is 3.92. The maximum Gasteiger partial charge on any atom is 0.228 e. The van der Waals surface area contributed by atoms with Crippen molar-refractivity contribution >= 4 is 11.7 Å². The van der Waals surface area contributed by atoms with Gasteiger partial charge in [-0.2, -0.15) is 10.4 Å². The van der Waals surface area contributed by atoms with Crippen molar-refractivity contribution in [2.24, 2.45) is 12.8 Å². The van der Waals surface area contributed by atoms with E-state index < -0.39 is 0 Å². The van der Waals surface area contributed by atoms with Crippen molar-refractivity contribution in [1.29, 1.82) is 5.26 Å². The third-order valence-corrected chi connectivity index (χ3v) is 5.03. The molecule has 1 fully saturated rings. The Labute approximate surface area is 174 Å². The van der Waals surface area contributed by atoms with Gasteiger partial charge in [0.05, 0.1) is 17.3 Å². The zero-order valence-corrected chi connectivity index (χ0v) is 16.7. The number of hydrogen-bond donors (Lipinski definition) is 1. The van der Waals surface area contributed by atoms with E-state index in [9.17, 15) is 10.1 Å². The fourth-order valence-corrected chi connectivity index (χ4v) is 3.45. The van der Waals surface area contributed by atoms with Gasteiger partial charge in [-0.25, -0.2) is 4.68 Å². The Morgan fingerprint density at radius 1 is 1.27 bits per heavy atom. The molecule has 1 aromatic carbocycles. The number of benzene rings is 1. The highest BCUT2D eigenvalue weighted by Gasteiger charge is 2.25. The molecule has 2 aromatic heterocycles. The summed E-state index contributed by atoms with van der Waals surface area (Å²) in [6, 6.07) is 13.0. The van der Waals surface area contributed by atoms with Gasteiger partial charge in [0.25, 0.3) is 0 Å². The number of hydrogen-bond acceptors (Lipinski definition) is 6. The molecule has 1 saturated heterocycles. The second-order valence-corrected chi connectivity index (χ2v) is 7.13. The van der Waals surface area contributed by atoms with Crippen LogP contribution in [0.4, 0.5) is 5.82 Å². The average molecular weight is 402 g/mol. The van der Waals surface area contributed by atoms with Gasteiger partial charge in [-0.15, -0.1) is 0 Å². The van der Waals surface area contributed by atoms with E-state index in [2.05, 4.69) is 16.2 Å². The van der Waals surface area contributed by atoms with E-state index in [1.165, 1.54) is 0 Å². The number of anilines is 1. The maximum absolute atomic E-state index is 12.0. The summed E-state index contributed by atoms with van der Waals surface area (Å²) in [6.45, 7) is 1.22. The molecule has 8 heteroatoms. The number of ether oxygens (including phenoxy) is 1. The van der Waals surface area contributed by atoms with Gasteiger partial charge >= 0.3 is 0 Å². The summed E-state index contributed by atoms with van der Waals surface area (Å²) in [5.74, 6) is 1.60. The van der Waals surface area contributed by atoms with Gasteiger partial charge in [0.2, 0.25) is 11.8 Å².